The molecule has 1 saturated carbocycles. The molecule has 4 rings (SSSR count). The van der Waals surface area contributed by atoms with Crippen molar-refractivity contribution >= 4 is 68.1 Å². The molecule has 1 fully saturated rings. The Morgan fingerprint density at radius 1 is 1.46 bits per heavy atom. The van der Waals surface area contributed by atoms with Crippen molar-refractivity contribution in [2.24, 2.45) is 5.92 Å². The summed E-state index contributed by atoms with van der Waals surface area (Å²) in [6, 6.07) is 5.68. The number of carbonyl (C=O) groups excluding carboxylic acids is 1. The average molecular weight is 428 g/mol. The second-order valence-corrected chi connectivity index (χ2v) is 10.1. The van der Waals surface area contributed by atoms with Crippen LogP contribution in [0.3, 0.4) is 0 Å². The summed E-state index contributed by atoms with van der Waals surface area (Å²) >= 11 is 15.1. The zero-order valence-corrected chi connectivity index (χ0v) is 17.2. The number of thioether (sulfide) groups is 1. The molecule has 0 bridgehead atoms. The third-order valence-corrected chi connectivity index (χ3v) is 7.32. The topological polar surface area (TPSA) is 68.0 Å². The van der Waals surface area contributed by atoms with E-state index in [0.717, 1.165) is 43.0 Å². The minimum atomic E-state index is -0.916. The molecule has 0 saturated heterocycles. The van der Waals surface area contributed by atoms with E-state index >= 15 is 0 Å². The maximum Gasteiger partial charge on any atom is 0.230 e. The van der Waals surface area contributed by atoms with Crippen LogP contribution in [0, 0.1) is 19.8 Å². The quantitative estimate of drug-likeness (QED) is 0.440. The summed E-state index contributed by atoms with van der Waals surface area (Å²) in [6.07, 6.45) is 0.493. The minimum absolute atomic E-state index is 0.146. The Kier molecular flexibility index (Phi) is 4.67. The molecule has 1 aliphatic rings. The molecule has 0 spiro atoms. The number of thiazole rings is 1. The Bertz CT molecular complexity index is 980. The van der Waals surface area contributed by atoms with E-state index in [9.17, 15) is 4.79 Å². The molecular weight excluding hydrogens is 413 g/mol. The summed E-state index contributed by atoms with van der Waals surface area (Å²) in [6.45, 7) is 3.86. The van der Waals surface area contributed by atoms with Crippen molar-refractivity contribution in [1.29, 1.82) is 0 Å². The van der Waals surface area contributed by atoms with Crippen LogP contribution in [0.2, 0.25) is 0 Å². The first-order valence-electron chi connectivity index (χ1n) is 7.97. The predicted octanol–water partition coefficient (Wildman–Crippen LogP) is 5.33. The normalized spacial score (nSPS) is 18.2. The van der Waals surface area contributed by atoms with Gasteiger partial charge in [0.05, 0.1) is 21.8 Å². The lowest BCUT2D eigenvalue weighted by molar-refractivity contribution is -0.117. The van der Waals surface area contributed by atoms with Crippen molar-refractivity contribution in [2.45, 2.75) is 34.7 Å². The molecule has 1 atom stereocenters. The number of nitrogens with one attached hydrogen (secondary N) is 1. The van der Waals surface area contributed by atoms with Crippen LogP contribution in [0.5, 0.6) is 0 Å². The molecule has 1 unspecified atom stereocenters. The van der Waals surface area contributed by atoms with Crippen molar-refractivity contribution < 1.29 is 9.32 Å². The zero-order valence-electron chi connectivity index (χ0n) is 14.0. The first-order valence-corrected chi connectivity index (χ1v) is 10.5. The number of anilines is 1. The number of rotatable bonds is 5. The van der Waals surface area contributed by atoms with E-state index in [4.69, 9.17) is 27.7 Å². The minimum Gasteiger partial charge on any atom is -0.361 e. The molecular formula is C17H15Cl2N3O2S2. The maximum absolute atomic E-state index is 12.1. The monoisotopic (exact) mass is 427 g/mol. The maximum atomic E-state index is 12.1. The van der Waals surface area contributed by atoms with Crippen LogP contribution in [-0.2, 0) is 10.5 Å². The summed E-state index contributed by atoms with van der Waals surface area (Å²) in [5.74, 6) is 1.12. The van der Waals surface area contributed by atoms with Crippen molar-refractivity contribution in [3.63, 3.8) is 0 Å². The largest absolute Gasteiger partial charge is 0.361 e. The molecule has 5 nitrogen and oxygen atoms in total. The van der Waals surface area contributed by atoms with E-state index in [1.54, 1.807) is 23.1 Å². The van der Waals surface area contributed by atoms with Crippen LogP contribution in [0.15, 0.2) is 27.1 Å². The van der Waals surface area contributed by atoms with Gasteiger partial charge in [0, 0.05) is 17.0 Å². The number of carbonyl (C=O) groups is 1. The highest BCUT2D eigenvalue weighted by Crippen LogP contribution is 2.53. The molecule has 1 N–H and O–H groups in total. The van der Waals surface area contributed by atoms with E-state index in [0.29, 0.717) is 6.42 Å². The first kappa shape index (κ1) is 18.1. The molecule has 26 heavy (non-hydrogen) atoms. The second-order valence-electron chi connectivity index (χ2n) is 6.26. The van der Waals surface area contributed by atoms with Gasteiger partial charge in [0.1, 0.15) is 10.1 Å². The van der Waals surface area contributed by atoms with Crippen LogP contribution in [0.25, 0.3) is 10.2 Å². The van der Waals surface area contributed by atoms with Gasteiger partial charge in [-0.05, 0) is 38.5 Å². The summed E-state index contributed by atoms with van der Waals surface area (Å²) in [4.78, 5) is 16.8. The molecule has 9 heteroatoms. The summed E-state index contributed by atoms with van der Waals surface area (Å²) in [5, 5.41) is 6.85. The number of hydrogen-bond donors (Lipinski definition) is 1. The summed E-state index contributed by atoms with van der Waals surface area (Å²) < 4.78 is 6.26. The number of alkyl halides is 2. The molecule has 136 valence electrons. The van der Waals surface area contributed by atoms with Crippen LogP contribution >= 0.6 is 46.3 Å². The van der Waals surface area contributed by atoms with Gasteiger partial charge in [0.25, 0.3) is 0 Å². The zero-order chi connectivity index (χ0) is 18.5. The molecule has 2 heterocycles. The molecule has 1 aromatic carbocycles. The highest BCUT2D eigenvalue weighted by Gasteiger charge is 2.56. The first-order chi connectivity index (χ1) is 12.3. The van der Waals surface area contributed by atoms with Crippen LogP contribution in [0.1, 0.15) is 23.4 Å². The third kappa shape index (κ3) is 3.58. The van der Waals surface area contributed by atoms with E-state index in [2.05, 4.69) is 15.5 Å². The highest BCUT2D eigenvalue weighted by molar-refractivity contribution is 8.00. The third-order valence-electron chi connectivity index (χ3n) is 4.30. The molecule has 0 aliphatic heterocycles. The van der Waals surface area contributed by atoms with E-state index in [-0.39, 0.29) is 11.8 Å². The summed E-state index contributed by atoms with van der Waals surface area (Å²) in [7, 11) is 0. The lowest BCUT2D eigenvalue weighted by atomic mass is 10.2. The number of amides is 1. The Hall–Kier alpha value is -1.28. The van der Waals surface area contributed by atoms with Gasteiger partial charge in [0.2, 0.25) is 5.91 Å². The van der Waals surface area contributed by atoms with Gasteiger partial charge in [0.15, 0.2) is 4.34 Å². The van der Waals surface area contributed by atoms with Gasteiger partial charge < -0.3 is 9.84 Å². The number of halogens is 2. The van der Waals surface area contributed by atoms with Gasteiger partial charge in [-0.15, -0.1) is 34.5 Å². The smallest absolute Gasteiger partial charge is 0.230 e. The fraction of sp³-hybridized carbons (Fsp3) is 0.353. The fourth-order valence-electron chi connectivity index (χ4n) is 2.61. The van der Waals surface area contributed by atoms with Crippen molar-refractivity contribution in [3.8, 4) is 0 Å². The number of nitrogens with zero attached hydrogens (tertiary/aromatic N) is 2. The number of aromatic nitrogens is 2. The number of fused-ring (bicyclic) bond motifs is 1. The number of benzene rings is 1. The second kappa shape index (κ2) is 6.71. The number of aryl methyl sites for hydroxylation is 2. The van der Waals surface area contributed by atoms with Crippen LogP contribution in [-0.4, -0.2) is 20.4 Å². The van der Waals surface area contributed by atoms with Gasteiger partial charge in [-0.25, -0.2) is 4.98 Å². The molecule has 1 aliphatic carbocycles. The highest BCUT2D eigenvalue weighted by atomic mass is 35.5. The molecule has 2 aromatic heterocycles. The van der Waals surface area contributed by atoms with E-state index in [1.807, 2.05) is 32.0 Å². The van der Waals surface area contributed by atoms with Gasteiger partial charge in [-0.1, -0.05) is 16.9 Å². The number of hydrogen-bond acceptors (Lipinski definition) is 6. The van der Waals surface area contributed by atoms with Crippen LogP contribution in [0.4, 0.5) is 5.69 Å². The average Bonchev–Trinajstić information content (AvgIpc) is 2.89. The van der Waals surface area contributed by atoms with Gasteiger partial charge in [-0.3, -0.25) is 4.79 Å². The Balaban J connectivity index is 1.46. The Labute approximate surface area is 168 Å². The van der Waals surface area contributed by atoms with Crippen LogP contribution < -0.4 is 5.32 Å². The fourth-order valence-corrected chi connectivity index (χ4v) is 5.38. The lowest BCUT2D eigenvalue weighted by Gasteiger charge is -2.04. The SMILES string of the molecule is Cc1noc(C)c1CSc1nc2ccc(NC(=O)C3CC3(Cl)Cl)cc2s1. The van der Waals surface area contributed by atoms with E-state index in [1.165, 1.54) is 0 Å². The molecule has 3 aromatic rings. The predicted molar refractivity (Wildman–Crippen MR) is 106 cm³/mol. The van der Waals surface area contributed by atoms with Crippen molar-refractivity contribution in [3.05, 3.63) is 35.2 Å². The van der Waals surface area contributed by atoms with Crippen molar-refractivity contribution in [1.82, 2.24) is 10.1 Å². The van der Waals surface area contributed by atoms with Crippen molar-refractivity contribution in [2.75, 3.05) is 5.32 Å². The standard InChI is InChI=1S/C17H15Cl2N3O2S2/c1-8-11(9(2)24-22-8)7-25-16-21-13-4-3-10(5-14(13)26-16)20-15(23)12-6-17(12,18)19/h3-5,12H,6-7H2,1-2H3,(H,20,23). The Morgan fingerprint density at radius 3 is 2.88 bits per heavy atom. The molecule has 1 amide bonds. The Morgan fingerprint density at radius 2 is 2.23 bits per heavy atom. The summed E-state index contributed by atoms with van der Waals surface area (Å²) in [5.41, 5.74) is 3.65. The van der Waals surface area contributed by atoms with Gasteiger partial charge >= 0.3 is 0 Å². The lowest BCUT2D eigenvalue weighted by Crippen LogP contribution is -2.16. The molecule has 0 radical (unpaired) electrons. The van der Waals surface area contributed by atoms with E-state index < -0.39 is 4.33 Å². The van der Waals surface area contributed by atoms with Gasteiger partial charge in [-0.2, -0.15) is 0 Å².